The number of hydrogen-bond donors (Lipinski definition) is 0. The summed E-state index contributed by atoms with van der Waals surface area (Å²) < 4.78 is 2.34. The maximum Gasteiger partial charge on any atom is 0.137 e. The minimum absolute atomic E-state index is 0.00390. The maximum atomic E-state index is 4.84. The Kier molecular flexibility index (Phi) is 5.89. The van der Waals surface area contributed by atoms with Gasteiger partial charge < -0.3 is 0 Å². The first-order valence-corrected chi connectivity index (χ1v) is 16.9. The molecule has 0 saturated heterocycles. The average Bonchev–Trinajstić information content (AvgIpc) is 3.80. The van der Waals surface area contributed by atoms with Crippen LogP contribution in [0.15, 0.2) is 164 Å². The number of aromatic nitrogens is 3. The fraction of sp³-hybridized carbons (Fsp3) is 0.111. The minimum atomic E-state index is -0.372. The molecular formula is C45H33N3. The van der Waals surface area contributed by atoms with Gasteiger partial charge in [-0.05, 0) is 95.1 Å². The second kappa shape index (κ2) is 10.4. The first kappa shape index (κ1) is 27.3. The number of nitrogens with zero attached hydrogens (tertiary/aromatic N) is 3. The van der Waals surface area contributed by atoms with Crippen LogP contribution in [0.1, 0.15) is 39.8 Å². The summed E-state index contributed by atoms with van der Waals surface area (Å²) in [5.74, 6) is 0.932. The zero-order valence-electron chi connectivity index (χ0n) is 26.6. The van der Waals surface area contributed by atoms with Crippen LogP contribution in [0.25, 0.3) is 38.9 Å². The third-order valence-electron chi connectivity index (χ3n) is 11.1. The van der Waals surface area contributed by atoms with Gasteiger partial charge in [-0.15, -0.1) is 0 Å². The molecule has 1 atom stereocenters. The summed E-state index contributed by atoms with van der Waals surface area (Å²) in [6.45, 7) is 0. The fourth-order valence-electron chi connectivity index (χ4n) is 9.15. The van der Waals surface area contributed by atoms with E-state index in [1.807, 2.05) is 24.5 Å². The molecule has 1 unspecified atom stereocenters. The first-order valence-electron chi connectivity index (χ1n) is 16.9. The van der Waals surface area contributed by atoms with Crippen molar-refractivity contribution in [1.82, 2.24) is 14.5 Å². The number of benzene rings is 5. The second-order valence-corrected chi connectivity index (χ2v) is 13.6. The SMILES string of the molecule is c1ccc(-c2cccc(C3(c4ccc5c6ccccc6n(-c6ccccn6)c5c4)CC4(Cc5ccccc5C4)c4ccccc43)c2)nc1. The van der Waals surface area contributed by atoms with Crippen molar-refractivity contribution < 1.29 is 0 Å². The van der Waals surface area contributed by atoms with Crippen LogP contribution in [0.5, 0.6) is 0 Å². The van der Waals surface area contributed by atoms with Gasteiger partial charge in [-0.3, -0.25) is 9.55 Å². The molecule has 3 heteroatoms. The van der Waals surface area contributed by atoms with Gasteiger partial charge in [0.15, 0.2) is 0 Å². The van der Waals surface area contributed by atoms with Crippen LogP contribution < -0.4 is 0 Å². The van der Waals surface area contributed by atoms with E-state index in [4.69, 9.17) is 9.97 Å². The molecule has 0 N–H and O–H groups in total. The molecule has 3 nitrogen and oxygen atoms in total. The number of para-hydroxylation sites is 1. The third kappa shape index (κ3) is 3.88. The Labute approximate surface area is 280 Å². The molecule has 2 aliphatic rings. The summed E-state index contributed by atoms with van der Waals surface area (Å²) in [5, 5.41) is 2.48. The van der Waals surface area contributed by atoms with Gasteiger partial charge in [-0.1, -0.05) is 109 Å². The van der Waals surface area contributed by atoms with E-state index < -0.39 is 0 Å². The first-order chi connectivity index (χ1) is 23.7. The average molecular weight is 616 g/mol. The highest BCUT2D eigenvalue weighted by atomic mass is 15.1. The smallest absolute Gasteiger partial charge is 0.137 e. The highest BCUT2D eigenvalue weighted by Gasteiger charge is 2.55. The zero-order valence-corrected chi connectivity index (χ0v) is 26.6. The quantitative estimate of drug-likeness (QED) is 0.197. The molecule has 0 bridgehead atoms. The van der Waals surface area contributed by atoms with E-state index in [1.54, 1.807) is 0 Å². The highest BCUT2D eigenvalue weighted by Crippen LogP contribution is 2.61. The largest absolute Gasteiger partial charge is 0.294 e. The van der Waals surface area contributed by atoms with E-state index >= 15 is 0 Å². The maximum absolute atomic E-state index is 4.84. The van der Waals surface area contributed by atoms with E-state index in [0.717, 1.165) is 36.3 Å². The zero-order chi connectivity index (χ0) is 31.7. The van der Waals surface area contributed by atoms with E-state index in [1.165, 1.54) is 55.2 Å². The molecule has 48 heavy (non-hydrogen) atoms. The van der Waals surface area contributed by atoms with Gasteiger partial charge >= 0.3 is 0 Å². The van der Waals surface area contributed by atoms with Crippen molar-refractivity contribution in [3.8, 4) is 17.1 Å². The Bertz CT molecular complexity index is 2470. The molecular weight excluding hydrogens is 583 g/mol. The Morgan fingerprint density at radius 1 is 0.500 bits per heavy atom. The van der Waals surface area contributed by atoms with Crippen LogP contribution in [0.2, 0.25) is 0 Å². The second-order valence-electron chi connectivity index (χ2n) is 13.6. The van der Waals surface area contributed by atoms with Crippen LogP contribution in [0.3, 0.4) is 0 Å². The standard InChI is InChI=1S/C45H33N3/c1-2-13-33-29-44(28-32(33)12-1)30-45(39-18-5-4-17-38(39)44,34-15-11-14-31(26-34)40-19-7-9-24-46-40)35-22-23-37-36-16-3-6-20-41(36)48(42(37)27-35)43-21-8-10-25-47-43/h1-27H,28-30H2. The van der Waals surface area contributed by atoms with Gasteiger partial charge in [0.2, 0.25) is 0 Å². The van der Waals surface area contributed by atoms with Crippen molar-refractivity contribution in [2.24, 2.45) is 0 Å². The monoisotopic (exact) mass is 615 g/mol. The fourth-order valence-corrected chi connectivity index (χ4v) is 9.15. The van der Waals surface area contributed by atoms with Crippen molar-refractivity contribution in [1.29, 1.82) is 0 Å². The lowest BCUT2D eigenvalue weighted by Gasteiger charge is -2.35. The molecule has 0 radical (unpaired) electrons. The van der Waals surface area contributed by atoms with Gasteiger partial charge in [0.25, 0.3) is 0 Å². The van der Waals surface area contributed by atoms with Gasteiger partial charge in [0, 0.05) is 39.6 Å². The molecule has 8 aromatic rings. The molecule has 2 aliphatic carbocycles. The molecule has 3 aromatic heterocycles. The number of rotatable bonds is 4. The predicted molar refractivity (Wildman–Crippen MR) is 195 cm³/mol. The predicted octanol–water partition coefficient (Wildman–Crippen LogP) is 10.0. The molecule has 5 aromatic carbocycles. The normalized spacial score (nSPS) is 17.6. The van der Waals surface area contributed by atoms with Crippen molar-refractivity contribution in [2.45, 2.75) is 30.1 Å². The topological polar surface area (TPSA) is 30.7 Å². The molecule has 228 valence electrons. The molecule has 1 spiro atoms. The molecule has 0 aliphatic heterocycles. The van der Waals surface area contributed by atoms with Crippen LogP contribution in [-0.4, -0.2) is 14.5 Å². The van der Waals surface area contributed by atoms with Gasteiger partial charge in [0.1, 0.15) is 5.82 Å². The summed E-state index contributed by atoms with van der Waals surface area (Å²) in [5.41, 5.74) is 12.6. The molecule has 3 heterocycles. The van der Waals surface area contributed by atoms with Crippen LogP contribution >= 0.6 is 0 Å². The minimum Gasteiger partial charge on any atom is -0.294 e. The van der Waals surface area contributed by atoms with Crippen molar-refractivity contribution in [2.75, 3.05) is 0 Å². The lowest BCUT2D eigenvalue weighted by molar-refractivity contribution is 0.394. The molecule has 0 amide bonds. The van der Waals surface area contributed by atoms with Crippen molar-refractivity contribution in [3.63, 3.8) is 0 Å². The van der Waals surface area contributed by atoms with Crippen molar-refractivity contribution >= 4 is 21.8 Å². The Balaban J connectivity index is 1.28. The number of pyridine rings is 2. The van der Waals surface area contributed by atoms with Gasteiger partial charge in [0.05, 0.1) is 16.7 Å². The molecule has 0 fully saturated rings. The van der Waals surface area contributed by atoms with E-state index in [-0.39, 0.29) is 10.8 Å². The Morgan fingerprint density at radius 3 is 1.98 bits per heavy atom. The van der Waals surface area contributed by atoms with Crippen LogP contribution in [0, 0.1) is 0 Å². The summed E-state index contributed by atoms with van der Waals surface area (Å²) in [4.78, 5) is 9.60. The molecule has 0 saturated carbocycles. The van der Waals surface area contributed by atoms with E-state index in [0.29, 0.717) is 0 Å². The van der Waals surface area contributed by atoms with Gasteiger partial charge in [-0.25, -0.2) is 4.98 Å². The van der Waals surface area contributed by atoms with Gasteiger partial charge in [-0.2, -0.15) is 0 Å². The summed E-state index contributed by atoms with van der Waals surface area (Å²) in [6.07, 6.45) is 6.88. The van der Waals surface area contributed by atoms with E-state index in [2.05, 4.69) is 144 Å². The Hall–Kier alpha value is -5.80. The van der Waals surface area contributed by atoms with Crippen molar-refractivity contribution in [3.05, 3.63) is 197 Å². The Morgan fingerprint density at radius 2 is 1.19 bits per heavy atom. The lowest BCUT2D eigenvalue weighted by Crippen LogP contribution is -2.32. The summed E-state index contributed by atoms with van der Waals surface area (Å²) in [7, 11) is 0. The molecule has 10 rings (SSSR count). The van der Waals surface area contributed by atoms with Crippen LogP contribution in [0.4, 0.5) is 0 Å². The summed E-state index contributed by atoms with van der Waals surface area (Å²) >= 11 is 0. The number of hydrogen-bond acceptors (Lipinski definition) is 2. The third-order valence-corrected chi connectivity index (χ3v) is 11.1. The lowest BCUT2D eigenvalue weighted by atomic mass is 9.67. The number of fused-ring (bicyclic) bond motifs is 6. The van der Waals surface area contributed by atoms with Crippen LogP contribution in [-0.2, 0) is 23.7 Å². The van der Waals surface area contributed by atoms with E-state index in [9.17, 15) is 0 Å². The summed E-state index contributed by atoms with van der Waals surface area (Å²) in [6, 6.07) is 55.8. The highest BCUT2D eigenvalue weighted by molar-refractivity contribution is 6.09.